The van der Waals surface area contributed by atoms with E-state index in [0.717, 1.165) is 0 Å². The van der Waals surface area contributed by atoms with Gasteiger partial charge in [0.1, 0.15) is 0 Å². The Labute approximate surface area is 145 Å². The van der Waals surface area contributed by atoms with E-state index in [1.54, 1.807) is 35.9 Å². The number of allylic oxidation sites excluding steroid dienone is 1. The Balaban J connectivity index is 0.00000162. The third-order valence-corrected chi connectivity index (χ3v) is 5.58. The van der Waals surface area contributed by atoms with E-state index in [4.69, 9.17) is 0 Å². The molecule has 0 nitrogen and oxygen atoms in total. The van der Waals surface area contributed by atoms with Crippen LogP contribution in [0.5, 0.6) is 0 Å². The van der Waals surface area contributed by atoms with E-state index in [-0.39, 0.29) is 24.8 Å². The molecule has 105 valence electrons. The standard InChI is InChI=1S/C16H21.2ClH.Zr/c1-10(2)13-8-14-6-12(5)7-16(14)15(9-13)11(3)4;;;/h6-11H,1-5H3;2*1H;. The summed E-state index contributed by atoms with van der Waals surface area (Å²) in [5.74, 6) is 1.24. The number of halogens is 2. The number of hydrogen-bond acceptors (Lipinski definition) is 0. The summed E-state index contributed by atoms with van der Waals surface area (Å²) < 4.78 is 0.688. The summed E-state index contributed by atoms with van der Waals surface area (Å²) in [6.07, 6.45) is 2.41. The predicted molar refractivity (Wildman–Crippen MR) is 85.5 cm³/mol. The van der Waals surface area contributed by atoms with E-state index in [1.807, 2.05) is 0 Å². The van der Waals surface area contributed by atoms with E-state index in [0.29, 0.717) is 15.5 Å². The van der Waals surface area contributed by atoms with Gasteiger partial charge in [0.15, 0.2) is 0 Å². The fourth-order valence-corrected chi connectivity index (χ4v) is 3.29. The molecule has 0 spiro atoms. The molecule has 0 saturated carbocycles. The van der Waals surface area contributed by atoms with E-state index in [9.17, 15) is 0 Å². The molecule has 0 N–H and O–H groups in total. The first-order chi connectivity index (χ1) is 7.91. The van der Waals surface area contributed by atoms with Crippen LogP contribution in [0.2, 0.25) is 0 Å². The van der Waals surface area contributed by atoms with Crippen molar-refractivity contribution in [2.75, 3.05) is 0 Å². The van der Waals surface area contributed by atoms with Gasteiger partial charge < -0.3 is 0 Å². The first-order valence-corrected chi connectivity index (χ1v) is 7.90. The van der Waals surface area contributed by atoms with Crippen LogP contribution in [0.15, 0.2) is 17.7 Å². The molecule has 19 heavy (non-hydrogen) atoms. The van der Waals surface area contributed by atoms with Crippen molar-refractivity contribution in [1.82, 2.24) is 0 Å². The molecule has 0 radical (unpaired) electrons. The Morgan fingerprint density at radius 2 is 1.58 bits per heavy atom. The third-order valence-electron chi connectivity index (χ3n) is 3.69. The minimum absolute atomic E-state index is 0. The van der Waals surface area contributed by atoms with Gasteiger partial charge >= 0.3 is 121 Å². The normalized spacial score (nSPS) is 16.7. The van der Waals surface area contributed by atoms with Gasteiger partial charge in [-0.2, -0.15) is 0 Å². The zero-order valence-corrected chi connectivity index (χ0v) is 16.4. The second-order valence-corrected chi connectivity index (χ2v) is 7.16. The summed E-state index contributed by atoms with van der Waals surface area (Å²) >= 11 is 1.62. The van der Waals surface area contributed by atoms with Crippen molar-refractivity contribution in [3.63, 3.8) is 0 Å². The molecular formula is C16H23Cl2Zr. The van der Waals surface area contributed by atoms with Crippen LogP contribution in [0, 0.1) is 0 Å². The van der Waals surface area contributed by atoms with Crippen LogP contribution < -0.4 is 0 Å². The molecular weight excluding hydrogens is 354 g/mol. The monoisotopic (exact) mass is 375 g/mol. The molecule has 3 heteroatoms. The van der Waals surface area contributed by atoms with Crippen LogP contribution in [-0.2, 0) is 24.7 Å². The Bertz CT molecular complexity index is 476. The topological polar surface area (TPSA) is 0 Å². The maximum Gasteiger partial charge on any atom is -0.147 e. The summed E-state index contributed by atoms with van der Waals surface area (Å²) in [5.41, 5.74) is 7.68. The Kier molecular flexibility index (Phi) is 7.60. The number of benzene rings is 1. The molecule has 0 aromatic heterocycles. The summed E-state index contributed by atoms with van der Waals surface area (Å²) in [6, 6.07) is 4.87. The average Bonchev–Trinajstić information content (AvgIpc) is 2.54. The molecule has 1 aliphatic carbocycles. The van der Waals surface area contributed by atoms with Crippen LogP contribution >= 0.6 is 24.8 Å². The van der Waals surface area contributed by atoms with Crippen LogP contribution in [-0.4, -0.2) is 0 Å². The molecule has 0 amide bonds. The maximum atomic E-state index is 2.44. The van der Waals surface area contributed by atoms with Crippen molar-refractivity contribution in [2.24, 2.45) is 0 Å². The molecule has 1 aromatic carbocycles. The first kappa shape index (κ1) is 19.4. The zero-order chi connectivity index (χ0) is 12.7. The summed E-state index contributed by atoms with van der Waals surface area (Å²) in [4.78, 5) is 0. The summed E-state index contributed by atoms with van der Waals surface area (Å²) in [6.45, 7) is 11.5. The van der Waals surface area contributed by atoms with Gasteiger partial charge in [-0.05, 0) is 0 Å². The van der Waals surface area contributed by atoms with Crippen molar-refractivity contribution in [1.29, 1.82) is 0 Å². The van der Waals surface area contributed by atoms with Gasteiger partial charge in [0.25, 0.3) is 0 Å². The largest absolute Gasteiger partial charge is 0.147 e. The average molecular weight is 377 g/mol. The van der Waals surface area contributed by atoms with Gasteiger partial charge in [-0.1, -0.05) is 0 Å². The fourth-order valence-electron chi connectivity index (χ4n) is 2.50. The Morgan fingerprint density at radius 1 is 1.00 bits per heavy atom. The van der Waals surface area contributed by atoms with Crippen molar-refractivity contribution in [2.45, 2.75) is 50.1 Å². The van der Waals surface area contributed by atoms with E-state index >= 15 is 0 Å². The maximum absolute atomic E-state index is 2.44. The van der Waals surface area contributed by atoms with E-state index in [2.05, 4.69) is 52.8 Å². The second-order valence-electron chi connectivity index (χ2n) is 5.74. The Hall–Kier alpha value is 0.423. The van der Waals surface area contributed by atoms with Crippen LogP contribution in [0.4, 0.5) is 0 Å². The van der Waals surface area contributed by atoms with E-state index < -0.39 is 0 Å². The minimum atomic E-state index is 0. The van der Waals surface area contributed by atoms with Gasteiger partial charge in [-0.15, -0.1) is 24.8 Å². The van der Waals surface area contributed by atoms with Crippen molar-refractivity contribution >= 4 is 30.9 Å². The molecule has 0 bridgehead atoms. The van der Waals surface area contributed by atoms with Crippen LogP contribution in [0.25, 0.3) is 6.08 Å². The van der Waals surface area contributed by atoms with Crippen LogP contribution in [0.3, 0.4) is 0 Å². The minimum Gasteiger partial charge on any atom is -0.147 e. The molecule has 2 rings (SSSR count). The van der Waals surface area contributed by atoms with Gasteiger partial charge in [0.05, 0.1) is 0 Å². The SMILES string of the molecule is CC1=Cc2c(C(C)C)cc(C(C)C)cc2[CH]1[Zr].Cl.Cl. The molecule has 0 saturated heterocycles. The van der Waals surface area contributed by atoms with E-state index in [1.165, 1.54) is 16.7 Å². The predicted octanol–water partition coefficient (Wildman–Crippen LogP) is 5.78. The van der Waals surface area contributed by atoms with Gasteiger partial charge in [-0.25, -0.2) is 0 Å². The quantitative estimate of drug-likeness (QED) is 0.613. The van der Waals surface area contributed by atoms with Crippen LogP contribution in [0.1, 0.15) is 72.3 Å². The number of rotatable bonds is 2. The summed E-state index contributed by atoms with van der Waals surface area (Å²) in [7, 11) is 0. The molecule has 1 unspecified atom stereocenters. The molecule has 0 aliphatic heterocycles. The first-order valence-electron chi connectivity index (χ1n) is 6.48. The smallest absolute Gasteiger partial charge is 0.147 e. The van der Waals surface area contributed by atoms with Crippen molar-refractivity contribution in [3.8, 4) is 0 Å². The molecule has 0 heterocycles. The van der Waals surface area contributed by atoms with Gasteiger partial charge in [0.2, 0.25) is 0 Å². The number of fused-ring (bicyclic) bond motifs is 1. The Morgan fingerprint density at radius 3 is 2.05 bits per heavy atom. The van der Waals surface area contributed by atoms with Gasteiger partial charge in [0, 0.05) is 0 Å². The second kappa shape index (κ2) is 7.44. The van der Waals surface area contributed by atoms with Crippen molar-refractivity contribution in [3.05, 3.63) is 40.0 Å². The summed E-state index contributed by atoms with van der Waals surface area (Å²) in [5, 5.41) is 0. The van der Waals surface area contributed by atoms with Gasteiger partial charge in [-0.3, -0.25) is 0 Å². The zero-order valence-electron chi connectivity index (χ0n) is 12.3. The van der Waals surface area contributed by atoms with Crippen molar-refractivity contribution < 1.29 is 24.7 Å². The molecule has 1 aromatic rings. The molecule has 1 aliphatic rings. The third kappa shape index (κ3) is 3.75. The molecule has 0 fully saturated rings. The molecule has 1 atom stereocenters. The number of hydrogen-bond donors (Lipinski definition) is 0. The fraction of sp³-hybridized carbons (Fsp3) is 0.500.